The van der Waals surface area contributed by atoms with Gasteiger partial charge in [-0.25, -0.2) is 4.98 Å². The Balaban J connectivity index is 2.20. The zero-order chi connectivity index (χ0) is 14.4. The first-order valence-electron chi connectivity index (χ1n) is 6.26. The van der Waals surface area contributed by atoms with Crippen LogP contribution in [0.15, 0.2) is 24.4 Å². The van der Waals surface area contributed by atoms with Crippen LogP contribution in [0.2, 0.25) is 0 Å². The largest absolute Gasteiger partial charge is 0.383 e. The molecule has 2 aromatic rings. The minimum absolute atomic E-state index is 0.150. The van der Waals surface area contributed by atoms with E-state index in [9.17, 15) is 4.79 Å². The summed E-state index contributed by atoms with van der Waals surface area (Å²) >= 11 is 0. The van der Waals surface area contributed by atoms with Gasteiger partial charge in [0.25, 0.3) is 5.91 Å². The van der Waals surface area contributed by atoms with E-state index >= 15 is 0 Å². The van der Waals surface area contributed by atoms with E-state index in [4.69, 9.17) is 9.47 Å². The SMILES string of the molecule is COCCNC(=O)c1ccc2ncc(COC)nc2c1. The van der Waals surface area contributed by atoms with E-state index in [1.807, 2.05) is 0 Å². The number of fused-ring (bicyclic) bond motifs is 1. The number of aromatic nitrogens is 2. The number of rotatable bonds is 6. The van der Waals surface area contributed by atoms with Gasteiger partial charge in [-0.2, -0.15) is 0 Å². The zero-order valence-electron chi connectivity index (χ0n) is 11.5. The smallest absolute Gasteiger partial charge is 0.251 e. The molecule has 0 atom stereocenters. The molecule has 20 heavy (non-hydrogen) atoms. The molecule has 0 radical (unpaired) electrons. The Hall–Kier alpha value is -2.05. The summed E-state index contributed by atoms with van der Waals surface area (Å²) < 4.78 is 9.91. The van der Waals surface area contributed by atoms with Gasteiger partial charge in [0.05, 0.1) is 36.1 Å². The number of amides is 1. The Morgan fingerprint density at radius 2 is 2.10 bits per heavy atom. The fourth-order valence-corrected chi connectivity index (χ4v) is 1.78. The number of benzene rings is 1. The van der Waals surface area contributed by atoms with Crippen molar-refractivity contribution < 1.29 is 14.3 Å². The number of hydrogen-bond acceptors (Lipinski definition) is 5. The normalized spacial score (nSPS) is 10.7. The third-order valence-corrected chi connectivity index (χ3v) is 2.74. The third-order valence-electron chi connectivity index (χ3n) is 2.74. The number of nitrogens with one attached hydrogen (secondary N) is 1. The second-order valence-electron chi connectivity index (χ2n) is 4.25. The van der Waals surface area contributed by atoms with Crippen LogP contribution in [0.25, 0.3) is 11.0 Å². The fourth-order valence-electron chi connectivity index (χ4n) is 1.78. The van der Waals surface area contributed by atoms with Gasteiger partial charge in [-0.05, 0) is 18.2 Å². The van der Waals surface area contributed by atoms with E-state index < -0.39 is 0 Å². The Morgan fingerprint density at radius 3 is 2.85 bits per heavy atom. The Kier molecular flexibility index (Phi) is 4.97. The molecule has 1 aromatic heterocycles. The molecule has 0 aliphatic carbocycles. The average molecular weight is 275 g/mol. The molecule has 1 N–H and O–H groups in total. The van der Waals surface area contributed by atoms with Crippen LogP contribution in [0.5, 0.6) is 0 Å². The maximum absolute atomic E-state index is 11.9. The Bertz CT molecular complexity index is 601. The molecule has 1 amide bonds. The molecule has 0 aliphatic rings. The van der Waals surface area contributed by atoms with Crippen LogP contribution in [0.4, 0.5) is 0 Å². The van der Waals surface area contributed by atoms with Crippen molar-refractivity contribution in [2.75, 3.05) is 27.4 Å². The van der Waals surface area contributed by atoms with Gasteiger partial charge in [-0.15, -0.1) is 0 Å². The van der Waals surface area contributed by atoms with Gasteiger partial charge in [0.2, 0.25) is 0 Å². The summed E-state index contributed by atoms with van der Waals surface area (Å²) in [6.07, 6.45) is 1.67. The summed E-state index contributed by atoms with van der Waals surface area (Å²) in [5.74, 6) is -0.150. The molecule has 6 nitrogen and oxygen atoms in total. The van der Waals surface area contributed by atoms with Crippen LogP contribution >= 0.6 is 0 Å². The third kappa shape index (κ3) is 3.49. The molecule has 106 valence electrons. The Morgan fingerprint density at radius 1 is 1.25 bits per heavy atom. The highest BCUT2D eigenvalue weighted by atomic mass is 16.5. The van der Waals surface area contributed by atoms with Gasteiger partial charge in [0.15, 0.2) is 0 Å². The summed E-state index contributed by atoms with van der Waals surface area (Å²) in [6, 6.07) is 5.24. The summed E-state index contributed by atoms with van der Waals surface area (Å²) in [5, 5.41) is 2.77. The predicted octanol–water partition coefficient (Wildman–Crippen LogP) is 1.15. The topological polar surface area (TPSA) is 73.3 Å². The van der Waals surface area contributed by atoms with E-state index in [1.54, 1.807) is 38.6 Å². The second kappa shape index (κ2) is 6.93. The quantitative estimate of drug-likeness (QED) is 0.801. The van der Waals surface area contributed by atoms with E-state index in [0.717, 1.165) is 11.2 Å². The monoisotopic (exact) mass is 275 g/mol. The number of ether oxygens (including phenoxy) is 2. The Labute approximate surface area is 117 Å². The standard InChI is InChI=1S/C14H17N3O3/c1-19-6-5-15-14(18)10-3-4-12-13(7-10)17-11(8-16-12)9-20-2/h3-4,7-8H,5-6,9H2,1-2H3,(H,15,18). The summed E-state index contributed by atoms with van der Waals surface area (Å²) in [4.78, 5) is 20.6. The van der Waals surface area contributed by atoms with Crippen molar-refractivity contribution in [3.8, 4) is 0 Å². The van der Waals surface area contributed by atoms with Gasteiger partial charge in [-0.3, -0.25) is 9.78 Å². The molecule has 0 aliphatic heterocycles. The predicted molar refractivity (Wildman–Crippen MR) is 74.5 cm³/mol. The highest BCUT2D eigenvalue weighted by Gasteiger charge is 2.07. The average Bonchev–Trinajstić information content (AvgIpc) is 2.47. The number of carbonyl (C=O) groups excluding carboxylic acids is 1. The molecular weight excluding hydrogens is 258 g/mol. The summed E-state index contributed by atoms with van der Waals surface area (Å²) in [6.45, 7) is 1.35. The summed E-state index contributed by atoms with van der Waals surface area (Å²) in [5.41, 5.74) is 2.71. The van der Waals surface area contributed by atoms with Crippen molar-refractivity contribution in [2.45, 2.75) is 6.61 Å². The van der Waals surface area contributed by atoms with Crippen molar-refractivity contribution in [3.63, 3.8) is 0 Å². The first-order valence-corrected chi connectivity index (χ1v) is 6.26. The van der Waals surface area contributed by atoms with E-state index in [2.05, 4.69) is 15.3 Å². The maximum atomic E-state index is 11.9. The van der Waals surface area contributed by atoms with E-state index in [1.165, 1.54) is 0 Å². The van der Waals surface area contributed by atoms with Crippen molar-refractivity contribution in [3.05, 3.63) is 35.7 Å². The molecule has 0 fully saturated rings. The highest BCUT2D eigenvalue weighted by molar-refractivity contribution is 5.97. The molecule has 0 unspecified atom stereocenters. The molecule has 0 saturated heterocycles. The lowest BCUT2D eigenvalue weighted by atomic mass is 10.2. The number of nitrogens with zero attached hydrogens (tertiary/aromatic N) is 2. The molecule has 6 heteroatoms. The molecule has 0 saturated carbocycles. The van der Waals surface area contributed by atoms with Gasteiger partial charge < -0.3 is 14.8 Å². The lowest BCUT2D eigenvalue weighted by Gasteiger charge is -2.06. The molecule has 2 rings (SSSR count). The van der Waals surface area contributed by atoms with Crippen LogP contribution in [-0.4, -0.2) is 43.2 Å². The lowest BCUT2D eigenvalue weighted by Crippen LogP contribution is -2.26. The second-order valence-corrected chi connectivity index (χ2v) is 4.25. The zero-order valence-corrected chi connectivity index (χ0v) is 11.5. The molecule has 1 heterocycles. The van der Waals surface area contributed by atoms with Gasteiger partial charge in [0, 0.05) is 26.3 Å². The summed E-state index contributed by atoms with van der Waals surface area (Å²) in [7, 11) is 3.20. The highest BCUT2D eigenvalue weighted by Crippen LogP contribution is 2.12. The van der Waals surface area contributed by atoms with Crippen LogP contribution in [-0.2, 0) is 16.1 Å². The van der Waals surface area contributed by atoms with Crippen molar-refractivity contribution in [1.82, 2.24) is 15.3 Å². The van der Waals surface area contributed by atoms with Gasteiger partial charge >= 0.3 is 0 Å². The van der Waals surface area contributed by atoms with Crippen LogP contribution < -0.4 is 5.32 Å². The first kappa shape index (κ1) is 14.4. The molecule has 0 spiro atoms. The molecule has 1 aromatic carbocycles. The van der Waals surface area contributed by atoms with Crippen molar-refractivity contribution in [1.29, 1.82) is 0 Å². The molecule has 0 bridgehead atoms. The maximum Gasteiger partial charge on any atom is 0.251 e. The molecular formula is C14H17N3O3. The minimum atomic E-state index is -0.150. The van der Waals surface area contributed by atoms with E-state index in [-0.39, 0.29) is 5.91 Å². The number of methoxy groups -OCH3 is 2. The van der Waals surface area contributed by atoms with E-state index in [0.29, 0.717) is 30.8 Å². The van der Waals surface area contributed by atoms with Crippen LogP contribution in [0.3, 0.4) is 0 Å². The number of carbonyl (C=O) groups is 1. The van der Waals surface area contributed by atoms with Gasteiger partial charge in [-0.1, -0.05) is 0 Å². The van der Waals surface area contributed by atoms with Crippen LogP contribution in [0, 0.1) is 0 Å². The number of hydrogen-bond donors (Lipinski definition) is 1. The van der Waals surface area contributed by atoms with Crippen molar-refractivity contribution >= 4 is 16.9 Å². The van der Waals surface area contributed by atoms with Crippen LogP contribution in [0.1, 0.15) is 16.1 Å². The first-order chi connectivity index (χ1) is 9.74. The lowest BCUT2D eigenvalue weighted by molar-refractivity contribution is 0.0937. The van der Waals surface area contributed by atoms with Crippen molar-refractivity contribution in [2.24, 2.45) is 0 Å². The minimum Gasteiger partial charge on any atom is -0.383 e. The fraction of sp³-hybridized carbons (Fsp3) is 0.357. The van der Waals surface area contributed by atoms with Gasteiger partial charge in [0.1, 0.15) is 0 Å².